The summed E-state index contributed by atoms with van der Waals surface area (Å²) in [5.74, 6) is -0.383. The fraction of sp³-hybridized carbons (Fsp3) is 0.241. The van der Waals surface area contributed by atoms with Gasteiger partial charge in [-0.15, -0.1) is 0 Å². The van der Waals surface area contributed by atoms with E-state index < -0.39 is 10.0 Å². The predicted octanol–water partition coefficient (Wildman–Crippen LogP) is 5.32. The number of sulfonamides is 1. The predicted molar refractivity (Wildman–Crippen MR) is 150 cm³/mol. The Hall–Kier alpha value is -4.11. The SMILES string of the molecule is CC(C)(C)c1ccc(-c2ccc3c(c2)CCN(c2ccc(O)c(NS(C)(=O)=O)c2)C3=O)c(-c2cn[nH]c2)c1. The highest BCUT2D eigenvalue weighted by molar-refractivity contribution is 7.92. The summed E-state index contributed by atoms with van der Waals surface area (Å²) < 4.78 is 25.6. The highest BCUT2D eigenvalue weighted by atomic mass is 32.2. The molecule has 0 bridgehead atoms. The Morgan fingerprint density at radius 3 is 2.42 bits per heavy atom. The van der Waals surface area contributed by atoms with Crippen molar-refractivity contribution in [3.05, 3.63) is 83.7 Å². The minimum Gasteiger partial charge on any atom is -0.506 e. The number of phenolic OH excluding ortho intramolecular Hbond substituents is 1. The number of rotatable bonds is 5. The Morgan fingerprint density at radius 2 is 1.74 bits per heavy atom. The molecule has 196 valence electrons. The van der Waals surface area contributed by atoms with Crippen molar-refractivity contribution in [2.45, 2.75) is 32.6 Å². The van der Waals surface area contributed by atoms with Crippen molar-refractivity contribution < 1.29 is 18.3 Å². The first-order valence-corrected chi connectivity index (χ1v) is 14.2. The number of amides is 1. The molecule has 0 radical (unpaired) electrons. The number of benzene rings is 3. The summed E-state index contributed by atoms with van der Waals surface area (Å²) in [5.41, 5.74) is 7.46. The number of anilines is 2. The first kappa shape index (κ1) is 25.5. The van der Waals surface area contributed by atoms with E-state index in [1.54, 1.807) is 11.0 Å². The number of aromatic hydroxyl groups is 1. The molecule has 1 aromatic heterocycles. The maximum Gasteiger partial charge on any atom is 0.258 e. The van der Waals surface area contributed by atoms with E-state index in [1.807, 2.05) is 24.5 Å². The molecule has 1 amide bonds. The summed E-state index contributed by atoms with van der Waals surface area (Å²) in [6.45, 7) is 6.99. The van der Waals surface area contributed by atoms with E-state index in [0.717, 1.165) is 34.1 Å². The van der Waals surface area contributed by atoms with Gasteiger partial charge in [-0.25, -0.2) is 8.42 Å². The topological polar surface area (TPSA) is 115 Å². The summed E-state index contributed by atoms with van der Waals surface area (Å²) in [6, 6.07) is 16.8. The number of hydrogen-bond donors (Lipinski definition) is 3. The van der Waals surface area contributed by atoms with Crippen LogP contribution in [0.2, 0.25) is 0 Å². The van der Waals surface area contributed by atoms with Crippen molar-refractivity contribution in [2.75, 3.05) is 22.4 Å². The maximum atomic E-state index is 13.5. The van der Waals surface area contributed by atoms with E-state index in [-0.39, 0.29) is 22.8 Å². The summed E-state index contributed by atoms with van der Waals surface area (Å²) in [7, 11) is -3.59. The highest BCUT2D eigenvalue weighted by Crippen LogP contribution is 2.38. The van der Waals surface area contributed by atoms with Gasteiger partial charge in [0.1, 0.15) is 5.75 Å². The van der Waals surface area contributed by atoms with Crippen LogP contribution in [0.5, 0.6) is 5.75 Å². The Labute approximate surface area is 222 Å². The lowest BCUT2D eigenvalue weighted by molar-refractivity contribution is 0.0980. The molecule has 9 heteroatoms. The van der Waals surface area contributed by atoms with Crippen molar-refractivity contribution >= 4 is 27.3 Å². The standard InChI is InChI=1S/C29H30N4O4S/c1-29(2,3)21-6-9-23(25(14-21)20-16-30-31-17-20)18-5-8-24-19(13-18)11-12-33(28(24)35)22-7-10-27(34)26(15-22)32-38(4,36)37/h5-10,13-17,32,34H,11-12H2,1-4H3,(H,30,31). The van der Waals surface area contributed by atoms with Gasteiger partial charge in [-0.05, 0) is 70.0 Å². The normalized spacial score (nSPS) is 13.9. The second-order valence-corrected chi connectivity index (χ2v) is 12.4. The number of carbonyl (C=O) groups is 1. The first-order valence-electron chi connectivity index (χ1n) is 12.3. The number of aromatic amines is 1. The molecular weight excluding hydrogens is 500 g/mol. The molecule has 1 aliphatic rings. The second-order valence-electron chi connectivity index (χ2n) is 10.7. The molecule has 0 fully saturated rings. The molecule has 0 aliphatic carbocycles. The number of H-pyrrole nitrogens is 1. The number of carbonyl (C=O) groups excluding carboxylic acids is 1. The van der Waals surface area contributed by atoms with E-state index in [0.29, 0.717) is 24.2 Å². The van der Waals surface area contributed by atoms with Gasteiger partial charge >= 0.3 is 0 Å². The number of aromatic nitrogens is 2. The molecule has 2 heterocycles. The van der Waals surface area contributed by atoms with Crippen LogP contribution in [0, 0.1) is 0 Å². The molecule has 38 heavy (non-hydrogen) atoms. The molecule has 5 rings (SSSR count). The Bertz CT molecular complexity index is 1640. The van der Waals surface area contributed by atoms with Crippen LogP contribution in [0.15, 0.2) is 67.0 Å². The number of fused-ring (bicyclic) bond motifs is 1. The minimum absolute atomic E-state index is 0.00628. The van der Waals surface area contributed by atoms with E-state index in [1.165, 1.54) is 17.7 Å². The minimum atomic E-state index is -3.59. The van der Waals surface area contributed by atoms with Crippen molar-refractivity contribution in [1.29, 1.82) is 0 Å². The van der Waals surface area contributed by atoms with Gasteiger partial charge in [-0.1, -0.05) is 45.0 Å². The van der Waals surface area contributed by atoms with Gasteiger partial charge in [0.05, 0.1) is 18.1 Å². The molecule has 3 N–H and O–H groups in total. The zero-order chi connectivity index (χ0) is 27.2. The largest absolute Gasteiger partial charge is 0.506 e. The zero-order valence-electron chi connectivity index (χ0n) is 21.7. The van der Waals surface area contributed by atoms with Crippen LogP contribution >= 0.6 is 0 Å². The molecule has 0 atom stereocenters. The number of nitrogens with zero attached hydrogens (tertiary/aromatic N) is 2. The van der Waals surface area contributed by atoms with E-state index in [4.69, 9.17) is 0 Å². The van der Waals surface area contributed by atoms with Crippen molar-refractivity contribution in [3.8, 4) is 28.0 Å². The van der Waals surface area contributed by atoms with E-state index in [2.05, 4.69) is 60.0 Å². The number of phenols is 1. The lowest BCUT2D eigenvalue weighted by Gasteiger charge is -2.29. The molecule has 0 spiro atoms. The van der Waals surface area contributed by atoms with Gasteiger partial charge in [0.15, 0.2) is 0 Å². The van der Waals surface area contributed by atoms with Gasteiger partial charge in [0.25, 0.3) is 5.91 Å². The van der Waals surface area contributed by atoms with Gasteiger partial charge in [0, 0.05) is 29.6 Å². The average molecular weight is 531 g/mol. The highest BCUT2D eigenvalue weighted by Gasteiger charge is 2.27. The quantitative estimate of drug-likeness (QED) is 0.302. The molecular formula is C29H30N4O4S. The molecule has 0 saturated heterocycles. The summed E-state index contributed by atoms with van der Waals surface area (Å²) in [5, 5.41) is 17.1. The van der Waals surface area contributed by atoms with Crippen LogP contribution in [0.1, 0.15) is 42.3 Å². The van der Waals surface area contributed by atoms with Crippen LogP contribution in [-0.4, -0.2) is 42.4 Å². The van der Waals surface area contributed by atoms with Crippen LogP contribution in [0.25, 0.3) is 22.3 Å². The monoisotopic (exact) mass is 530 g/mol. The Balaban J connectivity index is 1.50. The lowest BCUT2D eigenvalue weighted by Crippen LogP contribution is -2.37. The van der Waals surface area contributed by atoms with Crippen molar-refractivity contribution in [2.24, 2.45) is 0 Å². The Morgan fingerprint density at radius 1 is 0.974 bits per heavy atom. The lowest BCUT2D eigenvalue weighted by atomic mass is 9.83. The van der Waals surface area contributed by atoms with Crippen LogP contribution in [0.3, 0.4) is 0 Å². The Kier molecular flexibility index (Phi) is 6.27. The first-order chi connectivity index (χ1) is 17.9. The zero-order valence-corrected chi connectivity index (χ0v) is 22.6. The fourth-order valence-electron chi connectivity index (χ4n) is 4.78. The third kappa shape index (κ3) is 5.02. The van der Waals surface area contributed by atoms with E-state index >= 15 is 0 Å². The van der Waals surface area contributed by atoms with Gasteiger partial charge in [-0.3, -0.25) is 14.6 Å². The summed E-state index contributed by atoms with van der Waals surface area (Å²) in [4.78, 5) is 15.1. The number of nitrogens with one attached hydrogen (secondary N) is 2. The van der Waals surface area contributed by atoms with Gasteiger partial charge in [-0.2, -0.15) is 5.10 Å². The third-order valence-corrected chi connectivity index (χ3v) is 7.37. The number of hydrogen-bond acceptors (Lipinski definition) is 5. The molecule has 0 saturated carbocycles. The van der Waals surface area contributed by atoms with Crippen molar-refractivity contribution in [3.63, 3.8) is 0 Å². The summed E-state index contributed by atoms with van der Waals surface area (Å²) in [6.07, 6.45) is 5.34. The molecule has 3 aromatic carbocycles. The third-order valence-electron chi connectivity index (χ3n) is 6.78. The smallest absolute Gasteiger partial charge is 0.258 e. The molecule has 8 nitrogen and oxygen atoms in total. The fourth-order valence-corrected chi connectivity index (χ4v) is 5.34. The van der Waals surface area contributed by atoms with Crippen LogP contribution in [0.4, 0.5) is 11.4 Å². The second kappa shape index (κ2) is 9.33. The van der Waals surface area contributed by atoms with Gasteiger partial charge < -0.3 is 10.0 Å². The maximum absolute atomic E-state index is 13.5. The van der Waals surface area contributed by atoms with E-state index in [9.17, 15) is 18.3 Å². The average Bonchev–Trinajstić information content (AvgIpc) is 3.39. The van der Waals surface area contributed by atoms with Crippen molar-refractivity contribution in [1.82, 2.24) is 10.2 Å². The van der Waals surface area contributed by atoms with Gasteiger partial charge in [0.2, 0.25) is 10.0 Å². The molecule has 4 aromatic rings. The summed E-state index contributed by atoms with van der Waals surface area (Å²) >= 11 is 0. The molecule has 1 aliphatic heterocycles. The van der Waals surface area contributed by atoms with Crippen LogP contribution in [-0.2, 0) is 21.9 Å². The van der Waals surface area contributed by atoms with Crippen LogP contribution < -0.4 is 9.62 Å². The molecule has 0 unspecified atom stereocenters.